The molecule has 1 saturated carbocycles. The summed E-state index contributed by atoms with van der Waals surface area (Å²) in [5.74, 6) is 0.126. The summed E-state index contributed by atoms with van der Waals surface area (Å²) in [6.07, 6.45) is 4.44. The molecule has 0 saturated heterocycles. The predicted molar refractivity (Wildman–Crippen MR) is 76.9 cm³/mol. The highest BCUT2D eigenvalue weighted by Gasteiger charge is 2.34. The first-order valence-corrected chi connectivity index (χ1v) is 7.05. The Kier molecular flexibility index (Phi) is 4.51. The van der Waals surface area contributed by atoms with E-state index in [1.807, 2.05) is 0 Å². The molecule has 0 aliphatic heterocycles. The van der Waals surface area contributed by atoms with Gasteiger partial charge in [0, 0.05) is 5.02 Å². The van der Waals surface area contributed by atoms with Crippen molar-refractivity contribution in [2.45, 2.75) is 37.6 Å². The van der Waals surface area contributed by atoms with Crippen molar-refractivity contribution in [1.29, 1.82) is 5.26 Å². The lowest BCUT2D eigenvalue weighted by atomic mass is 9.82. The molecule has 0 unspecified atom stereocenters. The minimum Gasteiger partial charge on any atom is -0.496 e. The van der Waals surface area contributed by atoms with Gasteiger partial charge < -0.3 is 10.1 Å². The summed E-state index contributed by atoms with van der Waals surface area (Å²) >= 11 is 5.88. The van der Waals surface area contributed by atoms with Gasteiger partial charge in [-0.05, 0) is 31.0 Å². The van der Waals surface area contributed by atoms with Crippen LogP contribution in [0.3, 0.4) is 0 Å². The van der Waals surface area contributed by atoms with E-state index in [4.69, 9.17) is 16.3 Å². The Hall–Kier alpha value is -1.73. The quantitative estimate of drug-likeness (QED) is 0.929. The van der Waals surface area contributed by atoms with Crippen LogP contribution in [-0.2, 0) is 0 Å². The first-order valence-electron chi connectivity index (χ1n) is 6.67. The van der Waals surface area contributed by atoms with Gasteiger partial charge >= 0.3 is 0 Å². The van der Waals surface area contributed by atoms with Crippen LogP contribution in [0.1, 0.15) is 42.5 Å². The molecule has 20 heavy (non-hydrogen) atoms. The maximum absolute atomic E-state index is 12.4. The largest absolute Gasteiger partial charge is 0.496 e. The predicted octanol–water partition coefficient (Wildman–Crippen LogP) is 3.30. The average Bonchev–Trinajstić information content (AvgIpc) is 2.47. The van der Waals surface area contributed by atoms with Crippen LogP contribution in [0, 0.1) is 11.3 Å². The molecule has 2 rings (SSSR count). The number of halogens is 1. The van der Waals surface area contributed by atoms with Crippen molar-refractivity contribution < 1.29 is 9.53 Å². The number of carbonyl (C=O) groups excluding carboxylic acids is 1. The third-order valence-electron chi connectivity index (χ3n) is 3.68. The van der Waals surface area contributed by atoms with Gasteiger partial charge in [-0.3, -0.25) is 4.79 Å². The minimum atomic E-state index is -0.750. The highest BCUT2D eigenvalue weighted by molar-refractivity contribution is 6.30. The van der Waals surface area contributed by atoms with E-state index >= 15 is 0 Å². The maximum atomic E-state index is 12.4. The monoisotopic (exact) mass is 292 g/mol. The second kappa shape index (κ2) is 6.15. The van der Waals surface area contributed by atoms with Crippen LogP contribution in [0.4, 0.5) is 0 Å². The fourth-order valence-corrected chi connectivity index (χ4v) is 2.72. The van der Waals surface area contributed by atoms with Crippen LogP contribution in [-0.4, -0.2) is 18.6 Å². The summed E-state index contributed by atoms with van der Waals surface area (Å²) in [6.45, 7) is 0. The Morgan fingerprint density at radius 1 is 1.40 bits per heavy atom. The average molecular weight is 293 g/mol. The van der Waals surface area contributed by atoms with Crippen LogP contribution in [0.25, 0.3) is 0 Å². The molecule has 0 heterocycles. The van der Waals surface area contributed by atoms with E-state index in [9.17, 15) is 10.1 Å². The number of carbonyl (C=O) groups is 1. The molecule has 1 aliphatic rings. The number of nitrogens with one attached hydrogen (secondary N) is 1. The third kappa shape index (κ3) is 3.05. The molecule has 1 fully saturated rings. The number of hydrogen-bond donors (Lipinski definition) is 1. The second-order valence-electron chi connectivity index (χ2n) is 5.05. The van der Waals surface area contributed by atoms with E-state index < -0.39 is 5.54 Å². The molecule has 1 aliphatic carbocycles. The van der Waals surface area contributed by atoms with Gasteiger partial charge in [0.2, 0.25) is 0 Å². The molecule has 1 amide bonds. The summed E-state index contributed by atoms with van der Waals surface area (Å²) in [5.41, 5.74) is -0.350. The van der Waals surface area contributed by atoms with Gasteiger partial charge in [-0.15, -0.1) is 0 Å². The van der Waals surface area contributed by atoms with Gasteiger partial charge in [0.15, 0.2) is 0 Å². The fraction of sp³-hybridized carbons (Fsp3) is 0.467. The SMILES string of the molecule is COc1cc(Cl)ccc1C(=O)NC1(C#N)CCCCC1. The second-order valence-corrected chi connectivity index (χ2v) is 5.49. The molecule has 1 N–H and O–H groups in total. The zero-order chi connectivity index (χ0) is 14.6. The van der Waals surface area contributed by atoms with Gasteiger partial charge in [0.1, 0.15) is 11.3 Å². The first-order chi connectivity index (χ1) is 9.60. The van der Waals surface area contributed by atoms with E-state index in [2.05, 4.69) is 11.4 Å². The first kappa shape index (κ1) is 14.7. The van der Waals surface area contributed by atoms with Gasteiger partial charge in [-0.1, -0.05) is 30.9 Å². The van der Waals surface area contributed by atoms with Crippen molar-refractivity contribution in [3.8, 4) is 11.8 Å². The molecule has 0 radical (unpaired) electrons. The minimum absolute atomic E-state index is 0.290. The molecular weight excluding hydrogens is 276 g/mol. The van der Waals surface area contributed by atoms with Crippen molar-refractivity contribution in [2.24, 2.45) is 0 Å². The number of amides is 1. The number of nitrogens with zero attached hydrogens (tertiary/aromatic N) is 1. The molecule has 0 bridgehead atoms. The Morgan fingerprint density at radius 2 is 2.10 bits per heavy atom. The number of nitriles is 1. The van der Waals surface area contributed by atoms with E-state index in [1.54, 1.807) is 18.2 Å². The lowest BCUT2D eigenvalue weighted by Crippen LogP contribution is -2.48. The van der Waals surface area contributed by atoms with E-state index in [0.29, 0.717) is 29.2 Å². The molecule has 0 spiro atoms. The van der Waals surface area contributed by atoms with Crippen LogP contribution < -0.4 is 10.1 Å². The molecule has 106 valence electrons. The van der Waals surface area contributed by atoms with Gasteiger partial charge in [0.25, 0.3) is 5.91 Å². The van der Waals surface area contributed by atoms with Crippen LogP contribution >= 0.6 is 11.6 Å². The van der Waals surface area contributed by atoms with E-state index in [0.717, 1.165) is 19.3 Å². The molecule has 5 heteroatoms. The van der Waals surface area contributed by atoms with Crippen LogP contribution in [0.5, 0.6) is 5.75 Å². The van der Waals surface area contributed by atoms with Crippen molar-refractivity contribution in [2.75, 3.05) is 7.11 Å². The fourth-order valence-electron chi connectivity index (χ4n) is 2.56. The Labute approximate surface area is 123 Å². The standard InChI is InChI=1S/C15H17ClN2O2/c1-20-13-9-11(16)5-6-12(13)14(19)18-15(10-17)7-3-2-4-8-15/h5-6,9H,2-4,7-8H2,1H3,(H,18,19). The third-order valence-corrected chi connectivity index (χ3v) is 3.92. The highest BCUT2D eigenvalue weighted by atomic mass is 35.5. The molecule has 1 aromatic carbocycles. The van der Waals surface area contributed by atoms with Crippen molar-refractivity contribution in [3.63, 3.8) is 0 Å². The number of ether oxygens (including phenoxy) is 1. The Balaban J connectivity index is 2.21. The smallest absolute Gasteiger partial charge is 0.256 e. The molecule has 0 atom stereocenters. The number of methoxy groups -OCH3 is 1. The summed E-state index contributed by atoms with van der Waals surface area (Å²) in [7, 11) is 1.49. The summed E-state index contributed by atoms with van der Waals surface area (Å²) in [5, 5.41) is 12.8. The summed E-state index contributed by atoms with van der Waals surface area (Å²) in [6, 6.07) is 7.12. The maximum Gasteiger partial charge on any atom is 0.256 e. The van der Waals surface area contributed by atoms with Crippen molar-refractivity contribution >= 4 is 17.5 Å². The summed E-state index contributed by atoms with van der Waals surface area (Å²) in [4.78, 5) is 12.4. The van der Waals surface area contributed by atoms with Gasteiger partial charge in [-0.25, -0.2) is 0 Å². The highest BCUT2D eigenvalue weighted by Crippen LogP contribution is 2.29. The number of benzene rings is 1. The Morgan fingerprint density at radius 3 is 2.70 bits per heavy atom. The van der Waals surface area contributed by atoms with Gasteiger partial charge in [-0.2, -0.15) is 5.26 Å². The van der Waals surface area contributed by atoms with E-state index in [-0.39, 0.29) is 5.91 Å². The lowest BCUT2D eigenvalue weighted by molar-refractivity contribution is 0.0899. The zero-order valence-corrected chi connectivity index (χ0v) is 12.2. The van der Waals surface area contributed by atoms with Crippen LogP contribution in [0.15, 0.2) is 18.2 Å². The number of rotatable bonds is 3. The molecular formula is C15H17ClN2O2. The molecule has 4 nitrogen and oxygen atoms in total. The lowest BCUT2D eigenvalue weighted by Gasteiger charge is -2.31. The van der Waals surface area contributed by atoms with Gasteiger partial charge in [0.05, 0.1) is 18.7 Å². The Bertz CT molecular complexity index is 545. The topological polar surface area (TPSA) is 62.1 Å². The van der Waals surface area contributed by atoms with Crippen molar-refractivity contribution in [3.05, 3.63) is 28.8 Å². The van der Waals surface area contributed by atoms with E-state index in [1.165, 1.54) is 7.11 Å². The zero-order valence-electron chi connectivity index (χ0n) is 11.4. The summed E-state index contributed by atoms with van der Waals surface area (Å²) < 4.78 is 5.17. The number of hydrogen-bond acceptors (Lipinski definition) is 3. The van der Waals surface area contributed by atoms with Crippen molar-refractivity contribution in [1.82, 2.24) is 5.32 Å². The van der Waals surface area contributed by atoms with Crippen LogP contribution in [0.2, 0.25) is 5.02 Å². The molecule has 0 aromatic heterocycles. The normalized spacial score (nSPS) is 17.1. The molecule has 1 aromatic rings.